The molecule has 0 N–H and O–H groups in total. The van der Waals surface area contributed by atoms with Crippen LogP contribution in [0, 0.1) is 5.92 Å². The zero-order valence-corrected chi connectivity index (χ0v) is 19.9. The van der Waals surface area contributed by atoms with Crippen LogP contribution < -0.4 is 4.74 Å². The third-order valence-electron chi connectivity index (χ3n) is 6.23. The van der Waals surface area contributed by atoms with Crippen LogP contribution in [0.5, 0.6) is 5.75 Å². The van der Waals surface area contributed by atoms with Crippen molar-refractivity contribution in [2.24, 2.45) is 5.92 Å². The van der Waals surface area contributed by atoms with Gasteiger partial charge in [-0.1, -0.05) is 11.6 Å². The first kappa shape index (κ1) is 23.6. The van der Waals surface area contributed by atoms with E-state index in [9.17, 15) is 9.59 Å². The highest BCUT2D eigenvalue weighted by Crippen LogP contribution is 2.28. The van der Waals surface area contributed by atoms with Crippen molar-refractivity contribution in [3.63, 3.8) is 0 Å². The molecule has 0 bridgehead atoms. The average Bonchev–Trinajstić information content (AvgIpc) is 3.32. The summed E-state index contributed by atoms with van der Waals surface area (Å²) in [5.74, 6) is 0.611. The molecule has 2 saturated heterocycles. The van der Waals surface area contributed by atoms with Gasteiger partial charge < -0.3 is 19.3 Å². The van der Waals surface area contributed by atoms with Crippen LogP contribution in [-0.4, -0.2) is 76.9 Å². The largest absolute Gasteiger partial charge is 0.490 e. The number of benzene rings is 1. The van der Waals surface area contributed by atoms with E-state index >= 15 is 0 Å². The SMILES string of the molecule is CC(C)n1nccc1C(=O)N1CC[C@H](Oc2ccc(Cl)cc2)[C@@H](CC(=O)N2CCOCC2)C1. The molecule has 8 nitrogen and oxygen atoms in total. The molecule has 1 aromatic carbocycles. The second-order valence-electron chi connectivity index (χ2n) is 8.86. The van der Waals surface area contributed by atoms with Gasteiger partial charge in [-0.3, -0.25) is 14.3 Å². The predicted octanol–water partition coefficient (Wildman–Crippen LogP) is 3.28. The fourth-order valence-corrected chi connectivity index (χ4v) is 4.58. The average molecular weight is 475 g/mol. The predicted molar refractivity (Wildman–Crippen MR) is 125 cm³/mol. The van der Waals surface area contributed by atoms with Gasteiger partial charge in [0, 0.05) is 62.2 Å². The Morgan fingerprint density at radius 2 is 1.85 bits per heavy atom. The van der Waals surface area contributed by atoms with E-state index in [-0.39, 0.29) is 29.9 Å². The maximum Gasteiger partial charge on any atom is 0.272 e. The van der Waals surface area contributed by atoms with Crippen molar-refractivity contribution in [2.45, 2.75) is 38.8 Å². The zero-order chi connectivity index (χ0) is 23.4. The monoisotopic (exact) mass is 474 g/mol. The van der Waals surface area contributed by atoms with Gasteiger partial charge in [0.25, 0.3) is 5.91 Å². The number of hydrogen-bond donors (Lipinski definition) is 0. The number of halogens is 1. The summed E-state index contributed by atoms with van der Waals surface area (Å²) in [7, 11) is 0. The normalized spacial score (nSPS) is 21.3. The summed E-state index contributed by atoms with van der Waals surface area (Å²) >= 11 is 6.01. The molecule has 0 aliphatic carbocycles. The van der Waals surface area contributed by atoms with Crippen LogP contribution >= 0.6 is 11.6 Å². The van der Waals surface area contributed by atoms with Crippen LogP contribution in [0.3, 0.4) is 0 Å². The smallest absolute Gasteiger partial charge is 0.272 e. The maximum absolute atomic E-state index is 13.3. The molecule has 2 atom stereocenters. The molecule has 0 saturated carbocycles. The van der Waals surface area contributed by atoms with Crippen molar-refractivity contribution < 1.29 is 19.1 Å². The Balaban J connectivity index is 1.50. The van der Waals surface area contributed by atoms with Gasteiger partial charge in [-0.25, -0.2) is 0 Å². The van der Waals surface area contributed by atoms with Crippen LogP contribution in [0.1, 0.15) is 43.2 Å². The zero-order valence-electron chi connectivity index (χ0n) is 19.2. The molecular weight excluding hydrogens is 444 g/mol. The lowest BCUT2D eigenvalue weighted by atomic mass is 9.90. The van der Waals surface area contributed by atoms with Crippen LogP contribution in [0.15, 0.2) is 36.5 Å². The summed E-state index contributed by atoms with van der Waals surface area (Å²) in [6.07, 6.45) is 2.45. The lowest BCUT2D eigenvalue weighted by Gasteiger charge is -2.39. The molecule has 4 rings (SSSR count). The third kappa shape index (κ3) is 5.68. The Bertz CT molecular complexity index is 956. The Labute approximate surface area is 199 Å². The number of piperidine rings is 1. The number of likely N-dealkylation sites (tertiary alicyclic amines) is 1. The molecule has 3 heterocycles. The van der Waals surface area contributed by atoms with E-state index in [0.29, 0.717) is 68.7 Å². The minimum Gasteiger partial charge on any atom is -0.490 e. The summed E-state index contributed by atoms with van der Waals surface area (Å²) in [6, 6.07) is 9.09. The first-order valence-electron chi connectivity index (χ1n) is 11.5. The van der Waals surface area contributed by atoms with Gasteiger partial charge in [0.2, 0.25) is 5.91 Å². The maximum atomic E-state index is 13.3. The molecule has 33 heavy (non-hydrogen) atoms. The Morgan fingerprint density at radius 1 is 1.12 bits per heavy atom. The van der Waals surface area contributed by atoms with E-state index in [1.165, 1.54) is 0 Å². The van der Waals surface area contributed by atoms with Gasteiger partial charge in [-0.15, -0.1) is 0 Å². The second-order valence-corrected chi connectivity index (χ2v) is 9.30. The summed E-state index contributed by atoms with van der Waals surface area (Å²) in [6.45, 7) is 7.34. The van der Waals surface area contributed by atoms with E-state index in [1.54, 1.807) is 29.1 Å². The van der Waals surface area contributed by atoms with Crippen molar-refractivity contribution in [2.75, 3.05) is 39.4 Å². The van der Waals surface area contributed by atoms with E-state index in [0.717, 1.165) is 0 Å². The minimum atomic E-state index is -0.171. The van der Waals surface area contributed by atoms with Gasteiger partial charge in [0.1, 0.15) is 17.5 Å². The van der Waals surface area contributed by atoms with Gasteiger partial charge in [-0.2, -0.15) is 5.10 Å². The molecular formula is C24H31ClN4O4. The fourth-order valence-electron chi connectivity index (χ4n) is 4.46. The van der Waals surface area contributed by atoms with Crippen molar-refractivity contribution in [3.05, 3.63) is 47.2 Å². The van der Waals surface area contributed by atoms with Crippen molar-refractivity contribution in [3.8, 4) is 5.75 Å². The Kier molecular flexibility index (Phi) is 7.55. The molecule has 2 aliphatic rings. The standard InChI is InChI=1S/C24H31ClN4O4/c1-17(2)29-21(7-9-26-29)24(31)28-10-8-22(33-20-5-3-19(25)4-6-20)18(16-28)15-23(30)27-11-13-32-14-12-27/h3-7,9,17-18,22H,8,10-16H2,1-2H3/t18-,22-/m0/s1. The van der Waals surface area contributed by atoms with Gasteiger partial charge >= 0.3 is 0 Å². The molecule has 2 aromatic rings. The molecule has 2 fully saturated rings. The molecule has 1 aromatic heterocycles. The number of amides is 2. The molecule has 9 heteroatoms. The number of aromatic nitrogens is 2. The third-order valence-corrected chi connectivity index (χ3v) is 6.48. The van der Waals surface area contributed by atoms with Crippen LogP contribution in [0.2, 0.25) is 5.02 Å². The van der Waals surface area contributed by atoms with Crippen LogP contribution in [0.25, 0.3) is 0 Å². The number of morpholine rings is 1. The van der Waals surface area contributed by atoms with Crippen molar-refractivity contribution in [1.82, 2.24) is 19.6 Å². The highest BCUT2D eigenvalue weighted by molar-refractivity contribution is 6.30. The van der Waals surface area contributed by atoms with Gasteiger partial charge in [0.05, 0.1) is 13.2 Å². The molecule has 178 valence electrons. The molecule has 2 aliphatic heterocycles. The summed E-state index contributed by atoms with van der Waals surface area (Å²) in [4.78, 5) is 30.0. The van der Waals surface area contributed by atoms with E-state index in [4.69, 9.17) is 21.1 Å². The summed E-state index contributed by atoms with van der Waals surface area (Å²) < 4.78 is 13.4. The van der Waals surface area contributed by atoms with Crippen molar-refractivity contribution in [1.29, 1.82) is 0 Å². The molecule has 0 spiro atoms. The number of rotatable bonds is 6. The Hall–Kier alpha value is -2.58. The molecule has 0 unspecified atom stereocenters. The Morgan fingerprint density at radius 3 is 2.55 bits per heavy atom. The highest BCUT2D eigenvalue weighted by atomic mass is 35.5. The molecule has 0 radical (unpaired) electrons. The van der Waals surface area contributed by atoms with E-state index in [2.05, 4.69) is 5.10 Å². The lowest BCUT2D eigenvalue weighted by Crippen LogP contribution is -2.50. The minimum absolute atomic E-state index is 0.0602. The van der Waals surface area contributed by atoms with E-state index < -0.39 is 0 Å². The topological polar surface area (TPSA) is 76.9 Å². The number of carbonyl (C=O) groups is 2. The molecule has 2 amide bonds. The number of ether oxygens (including phenoxy) is 2. The summed E-state index contributed by atoms with van der Waals surface area (Å²) in [5.41, 5.74) is 0.570. The second kappa shape index (κ2) is 10.6. The number of carbonyl (C=O) groups excluding carboxylic acids is 2. The van der Waals surface area contributed by atoms with Crippen LogP contribution in [0.4, 0.5) is 0 Å². The van der Waals surface area contributed by atoms with Gasteiger partial charge in [0.15, 0.2) is 0 Å². The summed E-state index contributed by atoms with van der Waals surface area (Å²) in [5, 5.41) is 4.94. The fraction of sp³-hybridized carbons (Fsp3) is 0.542. The van der Waals surface area contributed by atoms with Crippen LogP contribution in [-0.2, 0) is 9.53 Å². The highest BCUT2D eigenvalue weighted by Gasteiger charge is 2.36. The number of nitrogens with zero attached hydrogens (tertiary/aromatic N) is 4. The first-order chi connectivity index (χ1) is 15.9. The quantitative estimate of drug-likeness (QED) is 0.642. The lowest BCUT2D eigenvalue weighted by molar-refractivity contribution is -0.137. The van der Waals surface area contributed by atoms with Gasteiger partial charge in [-0.05, 0) is 44.2 Å². The number of hydrogen-bond acceptors (Lipinski definition) is 5. The van der Waals surface area contributed by atoms with Crippen molar-refractivity contribution >= 4 is 23.4 Å². The van der Waals surface area contributed by atoms with E-state index in [1.807, 2.05) is 35.8 Å². The first-order valence-corrected chi connectivity index (χ1v) is 11.9.